The van der Waals surface area contributed by atoms with E-state index < -0.39 is 21.4 Å². The molecule has 0 spiro atoms. The average molecular weight is 440 g/mol. The Labute approximate surface area is 160 Å². The maximum atomic E-state index is 9.63. The van der Waals surface area contributed by atoms with E-state index >= 15 is 0 Å². The molecule has 2 aromatic carbocycles. The lowest BCUT2D eigenvalue weighted by atomic mass is 10.0. The molecule has 2 aromatic rings. The summed E-state index contributed by atoms with van der Waals surface area (Å²) in [4.78, 5) is 31.0. The van der Waals surface area contributed by atoms with Crippen molar-refractivity contribution in [2.24, 2.45) is 0 Å². The van der Waals surface area contributed by atoms with Crippen LogP contribution in [0.4, 0.5) is 0 Å². The van der Waals surface area contributed by atoms with Crippen LogP contribution in [-0.4, -0.2) is 40.0 Å². The number of benzene rings is 2. The maximum Gasteiger partial charge on any atom is 0.478 e. The van der Waals surface area contributed by atoms with Crippen molar-refractivity contribution in [1.82, 2.24) is 0 Å². The first-order valence-corrected chi connectivity index (χ1v) is 10.5. The molecule has 2 rings (SSSR count). The van der Waals surface area contributed by atoms with Gasteiger partial charge in [0.25, 0.3) is 0 Å². The van der Waals surface area contributed by atoms with E-state index in [0.717, 1.165) is 0 Å². The fraction of sp³-hybridized carbons (Fsp3) is 0.200. The van der Waals surface area contributed by atoms with Crippen molar-refractivity contribution in [3.05, 3.63) is 60.2 Å². The van der Waals surface area contributed by atoms with Crippen molar-refractivity contribution in [3.8, 4) is 11.5 Å². The molecule has 11 nitrogen and oxygen atoms in total. The molecule has 0 saturated carbocycles. The van der Waals surface area contributed by atoms with Crippen LogP contribution in [0.5, 0.6) is 11.5 Å². The predicted molar refractivity (Wildman–Crippen MR) is 97.8 cm³/mol. The third-order valence-electron chi connectivity index (χ3n) is 2.77. The lowest BCUT2D eigenvalue weighted by Gasteiger charge is -2.19. The fourth-order valence-corrected chi connectivity index (χ4v) is 2.65. The van der Waals surface area contributed by atoms with Gasteiger partial charge in [0, 0.05) is 18.1 Å². The third kappa shape index (κ3) is 13.4. The van der Waals surface area contributed by atoms with Crippen LogP contribution in [0.2, 0.25) is 0 Å². The molecule has 28 heavy (non-hydrogen) atoms. The number of hydrogen-bond donors (Lipinski definition) is 8. The summed E-state index contributed by atoms with van der Waals surface area (Å²) in [7, 11) is -10.1. The monoisotopic (exact) mass is 440 g/mol. The van der Waals surface area contributed by atoms with Gasteiger partial charge in [-0.05, 0) is 12.1 Å². The van der Waals surface area contributed by atoms with Crippen LogP contribution in [0, 0.1) is 0 Å². The zero-order chi connectivity index (χ0) is 22.0. The first-order valence-electron chi connectivity index (χ1n) is 7.47. The minimum Gasteiger partial charge on any atom is -0.508 e. The molecule has 0 aliphatic carbocycles. The Morgan fingerprint density at radius 2 is 1.25 bits per heavy atom. The van der Waals surface area contributed by atoms with Crippen molar-refractivity contribution in [2.45, 2.75) is 19.1 Å². The van der Waals surface area contributed by atoms with E-state index in [1.54, 1.807) is 37.3 Å². The Morgan fingerprint density at radius 1 is 0.821 bits per heavy atom. The van der Waals surface area contributed by atoms with E-state index in [0.29, 0.717) is 12.0 Å². The molecule has 13 heteroatoms. The first-order chi connectivity index (χ1) is 12.7. The molecule has 0 atom stereocenters. The summed E-state index contributed by atoms with van der Waals surface area (Å²) in [5, 5.41) is 36.0. The van der Waals surface area contributed by atoms with Crippen LogP contribution in [0.25, 0.3) is 0 Å². The van der Waals surface area contributed by atoms with Crippen LogP contribution in [0.3, 0.4) is 0 Å². The van der Waals surface area contributed by atoms with Gasteiger partial charge in [-0.3, -0.25) is 0 Å². The number of aliphatic hydroxyl groups is 2. The maximum absolute atomic E-state index is 9.63. The smallest absolute Gasteiger partial charge is 0.478 e. The van der Waals surface area contributed by atoms with E-state index in [4.69, 9.17) is 29.8 Å². The first kappa shape index (κ1) is 26.2. The highest BCUT2D eigenvalue weighted by atomic mass is 31.3. The van der Waals surface area contributed by atoms with E-state index in [2.05, 4.69) is 4.31 Å². The Bertz CT molecular complexity index is 761. The van der Waals surface area contributed by atoms with Gasteiger partial charge in [0.1, 0.15) is 11.5 Å². The Kier molecular flexibility index (Phi) is 10.6. The summed E-state index contributed by atoms with van der Waals surface area (Å²) in [5.74, 6) is -1.49. The topological polar surface area (TPSA) is 205 Å². The summed E-state index contributed by atoms with van der Waals surface area (Å²) < 4.78 is 22.2. The molecule has 8 N–H and O–H groups in total. The zero-order valence-corrected chi connectivity index (χ0v) is 16.4. The molecular formula is C15H22O11P2. The van der Waals surface area contributed by atoms with Crippen LogP contribution in [0.1, 0.15) is 18.9 Å². The molecule has 0 aromatic heterocycles. The number of phosphoric acid groups is 2. The highest BCUT2D eigenvalue weighted by Crippen LogP contribution is 2.53. The Hall–Kier alpha value is -1.78. The lowest BCUT2D eigenvalue weighted by Crippen LogP contribution is -2.23. The van der Waals surface area contributed by atoms with Crippen molar-refractivity contribution in [2.75, 3.05) is 0 Å². The highest BCUT2D eigenvalue weighted by Gasteiger charge is 2.28. The van der Waals surface area contributed by atoms with Crippen LogP contribution >= 0.6 is 15.6 Å². The van der Waals surface area contributed by atoms with Gasteiger partial charge >= 0.3 is 15.6 Å². The minimum absolute atomic E-state index is 0.0880. The Morgan fingerprint density at radius 3 is 1.50 bits per heavy atom. The summed E-state index contributed by atoms with van der Waals surface area (Å²) in [6.07, 6.45) is 0.303. The van der Waals surface area contributed by atoms with Gasteiger partial charge in [-0.1, -0.05) is 43.3 Å². The SMILES string of the molecule is CCC(O)(O)c1ccccc1.O=P(O)(O)OP(=O)(O)O.Oc1cccc(O)c1. The normalized spacial score (nSPS) is 11.5. The van der Waals surface area contributed by atoms with Crippen LogP contribution in [-0.2, 0) is 19.2 Å². The number of rotatable bonds is 4. The fourth-order valence-electron chi connectivity index (χ4n) is 1.54. The number of hydrogen-bond acceptors (Lipinski definition) is 7. The second-order valence-corrected chi connectivity index (χ2v) is 7.73. The molecule has 0 aliphatic rings. The number of phenolic OH excluding ortho intramolecular Hbond substituents is 2. The van der Waals surface area contributed by atoms with Crippen LogP contribution in [0.15, 0.2) is 54.6 Å². The van der Waals surface area contributed by atoms with Crippen LogP contribution < -0.4 is 0 Å². The van der Waals surface area contributed by atoms with Crippen molar-refractivity contribution >= 4 is 15.6 Å². The van der Waals surface area contributed by atoms with Gasteiger partial charge in [0.2, 0.25) is 0 Å². The summed E-state index contributed by atoms with van der Waals surface area (Å²) in [6.45, 7) is 1.73. The molecular weight excluding hydrogens is 418 g/mol. The molecule has 0 heterocycles. The van der Waals surface area contributed by atoms with Crippen molar-refractivity contribution < 1.29 is 53.4 Å². The second kappa shape index (κ2) is 11.3. The standard InChI is InChI=1S/C9H12O2.C6H6O2.H4O7P2/c1-2-9(10,11)8-6-4-3-5-7-8;7-5-2-1-3-6(8)4-5;1-8(2,3)7-9(4,5)6/h3-7,10-11H,2H2,1H3;1-4,7-8H;(H2,1,2,3)(H2,4,5,6). The minimum atomic E-state index is -5.05. The largest absolute Gasteiger partial charge is 0.508 e. The van der Waals surface area contributed by atoms with E-state index in [9.17, 15) is 19.3 Å². The van der Waals surface area contributed by atoms with E-state index in [1.165, 1.54) is 18.2 Å². The molecule has 0 amide bonds. The molecule has 0 aliphatic heterocycles. The molecule has 0 saturated heterocycles. The van der Waals surface area contributed by atoms with Gasteiger partial charge in [0.05, 0.1) is 0 Å². The highest BCUT2D eigenvalue weighted by molar-refractivity contribution is 7.60. The van der Waals surface area contributed by atoms with Crippen molar-refractivity contribution in [1.29, 1.82) is 0 Å². The lowest BCUT2D eigenvalue weighted by molar-refractivity contribution is -0.171. The van der Waals surface area contributed by atoms with Gasteiger partial charge < -0.3 is 40.0 Å². The summed E-state index contributed by atoms with van der Waals surface area (Å²) >= 11 is 0. The van der Waals surface area contributed by atoms with Gasteiger partial charge in [-0.25, -0.2) is 9.13 Å². The molecule has 0 bridgehead atoms. The molecule has 0 fully saturated rings. The van der Waals surface area contributed by atoms with E-state index in [-0.39, 0.29) is 11.5 Å². The second-order valence-electron chi connectivity index (χ2n) is 5.12. The average Bonchev–Trinajstić information content (AvgIpc) is 2.53. The van der Waals surface area contributed by atoms with Gasteiger partial charge in [-0.2, -0.15) is 4.31 Å². The van der Waals surface area contributed by atoms with Gasteiger partial charge in [0.15, 0.2) is 5.79 Å². The predicted octanol–water partition coefficient (Wildman–Crippen LogP) is 1.52. The zero-order valence-electron chi connectivity index (χ0n) is 14.6. The third-order valence-corrected chi connectivity index (χ3v) is 4.47. The quantitative estimate of drug-likeness (QED) is 0.253. The number of aromatic hydroxyl groups is 2. The summed E-state index contributed by atoms with van der Waals surface area (Å²) in [5.41, 5.74) is 0.544. The molecule has 158 valence electrons. The Balaban J connectivity index is 0.000000396. The van der Waals surface area contributed by atoms with E-state index in [1.807, 2.05) is 6.07 Å². The number of phenols is 2. The van der Waals surface area contributed by atoms with Gasteiger partial charge in [-0.15, -0.1) is 0 Å². The summed E-state index contributed by atoms with van der Waals surface area (Å²) in [6, 6.07) is 14.7. The molecule has 0 unspecified atom stereocenters. The van der Waals surface area contributed by atoms with Crippen molar-refractivity contribution in [3.63, 3.8) is 0 Å². The molecule has 0 radical (unpaired) electrons.